The Labute approximate surface area is 89.6 Å². The molecule has 0 unspecified atom stereocenters. The van der Waals surface area contributed by atoms with Crippen molar-refractivity contribution < 1.29 is 19.4 Å². The summed E-state index contributed by atoms with van der Waals surface area (Å²) in [6, 6.07) is 5.10. The van der Waals surface area contributed by atoms with Crippen molar-refractivity contribution in [1.82, 2.24) is 0 Å². The van der Waals surface area contributed by atoms with E-state index in [0.29, 0.717) is 16.0 Å². The molecule has 0 saturated carbocycles. The van der Waals surface area contributed by atoms with Gasteiger partial charge in [-0.3, -0.25) is 0 Å². The smallest absolute Gasteiger partial charge is 0.341 e. The van der Waals surface area contributed by atoms with Crippen molar-refractivity contribution in [3.63, 3.8) is 0 Å². The van der Waals surface area contributed by atoms with Crippen LogP contribution in [0, 0.1) is 0 Å². The number of carboxylic acid groups (broad SMARTS) is 1. The van der Waals surface area contributed by atoms with E-state index >= 15 is 0 Å². The molecule has 0 bridgehead atoms. The topological polar surface area (TPSA) is 55.8 Å². The van der Waals surface area contributed by atoms with E-state index in [2.05, 4.69) is 15.9 Å². The molecule has 1 N–H and O–H groups in total. The van der Waals surface area contributed by atoms with Gasteiger partial charge >= 0.3 is 5.97 Å². The van der Waals surface area contributed by atoms with Crippen molar-refractivity contribution >= 4 is 21.9 Å². The van der Waals surface area contributed by atoms with Crippen LogP contribution in [-0.4, -0.2) is 24.8 Å². The maximum atomic E-state index is 10.3. The number of carboxylic acids is 1. The Morgan fingerprint density at radius 1 is 1.57 bits per heavy atom. The van der Waals surface area contributed by atoms with Gasteiger partial charge in [-0.05, 0) is 28.1 Å². The number of halogens is 1. The van der Waals surface area contributed by atoms with Crippen LogP contribution in [-0.2, 0) is 4.79 Å². The molecule has 0 saturated heterocycles. The number of ether oxygens (including phenoxy) is 2. The largest absolute Gasteiger partial charge is 0.497 e. The molecule has 0 radical (unpaired) electrons. The number of carbonyl (C=O) groups is 1. The highest BCUT2D eigenvalue weighted by molar-refractivity contribution is 9.10. The fraction of sp³-hybridized carbons (Fsp3) is 0.222. The number of rotatable bonds is 4. The average Bonchev–Trinajstić information content (AvgIpc) is 2.16. The lowest BCUT2D eigenvalue weighted by Gasteiger charge is -2.07. The van der Waals surface area contributed by atoms with E-state index in [4.69, 9.17) is 14.6 Å². The fourth-order valence-electron chi connectivity index (χ4n) is 0.861. The molecule has 1 aromatic carbocycles. The van der Waals surface area contributed by atoms with Crippen LogP contribution in [0.4, 0.5) is 0 Å². The summed E-state index contributed by atoms with van der Waals surface area (Å²) in [5.74, 6) is 0.0556. The summed E-state index contributed by atoms with van der Waals surface area (Å²) < 4.78 is 10.7. The zero-order chi connectivity index (χ0) is 10.6. The predicted molar refractivity (Wildman–Crippen MR) is 53.8 cm³/mol. The van der Waals surface area contributed by atoms with Gasteiger partial charge in [0.25, 0.3) is 0 Å². The molecular formula is C9H9BrO4. The minimum Gasteiger partial charge on any atom is -0.497 e. The predicted octanol–water partition coefficient (Wildman–Crippen LogP) is 1.92. The quantitative estimate of drug-likeness (QED) is 0.899. The molecule has 4 nitrogen and oxygen atoms in total. The Balaban J connectivity index is 2.78. The maximum Gasteiger partial charge on any atom is 0.341 e. The molecule has 1 rings (SSSR count). The van der Waals surface area contributed by atoms with Gasteiger partial charge < -0.3 is 14.6 Å². The van der Waals surface area contributed by atoms with Crippen LogP contribution in [0.15, 0.2) is 22.7 Å². The number of benzene rings is 1. The summed E-state index contributed by atoms with van der Waals surface area (Å²) in [5.41, 5.74) is 0. The lowest BCUT2D eigenvalue weighted by atomic mass is 10.3. The zero-order valence-electron chi connectivity index (χ0n) is 7.49. The van der Waals surface area contributed by atoms with E-state index < -0.39 is 5.97 Å². The summed E-state index contributed by atoms with van der Waals surface area (Å²) in [6.45, 7) is -0.369. The molecule has 76 valence electrons. The minimum absolute atomic E-state index is 0.369. The van der Waals surface area contributed by atoms with Gasteiger partial charge in [0, 0.05) is 6.07 Å². The lowest BCUT2D eigenvalue weighted by molar-refractivity contribution is -0.139. The van der Waals surface area contributed by atoms with Gasteiger partial charge in [-0.1, -0.05) is 0 Å². The normalized spacial score (nSPS) is 9.57. The molecule has 0 aliphatic rings. The highest BCUT2D eigenvalue weighted by atomic mass is 79.9. The number of methoxy groups -OCH3 is 1. The van der Waals surface area contributed by atoms with E-state index in [1.54, 1.807) is 18.2 Å². The van der Waals surface area contributed by atoms with E-state index in [1.807, 2.05) is 0 Å². The molecule has 14 heavy (non-hydrogen) atoms. The van der Waals surface area contributed by atoms with Crippen molar-refractivity contribution in [2.24, 2.45) is 0 Å². The van der Waals surface area contributed by atoms with E-state index in [1.165, 1.54) is 7.11 Å². The average molecular weight is 261 g/mol. The molecule has 0 heterocycles. The highest BCUT2D eigenvalue weighted by Gasteiger charge is 2.05. The second-order valence-corrected chi connectivity index (χ2v) is 3.33. The summed E-state index contributed by atoms with van der Waals surface area (Å²) in [7, 11) is 1.53. The summed E-state index contributed by atoms with van der Waals surface area (Å²) in [4.78, 5) is 10.3. The van der Waals surface area contributed by atoms with Gasteiger partial charge in [0.05, 0.1) is 11.6 Å². The van der Waals surface area contributed by atoms with Crippen molar-refractivity contribution in [3.05, 3.63) is 22.7 Å². The van der Waals surface area contributed by atoms with Crippen LogP contribution < -0.4 is 9.47 Å². The molecular weight excluding hydrogens is 252 g/mol. The van der Waals surface area contributed by atoms with Crippen LogP contribution in [0.3, 0.4) is 0 Å². The highest BCUT2D eigenvalue weighted by Crippen LogP contribution is 2.29. The Bertz CT molecular complexity index is 338. The maximum absolute atomic E-state index is 10.3. The van der Waals surface area contributed by atoms with Crippen molar-refractivity contribution in [2.75, 3.05) is 13.7 Å². The molecule has 5 heteroatoms. The minimum atomic E-state index is -1.01. The van der Waals surface area contributed by atoms with E-state index in [-0.39, 0.29) is 6.61 Å². The second kappa shape index (κ2) is 4.85. The van der Waals surface area contributed by atoms with Gasteiger partial charge in [0.15, 0.2) is 6.61 Å². The van der Waals surface area contributed by atoms with Crippen LogP contribution >= 0.6 is 15.9 Å². The first-order valence-corrected chi connectivity index (χ1v) is 4.61. The van der Waals surface area contributed by atoms with Gasteiger partial charge in [-0.25, -0.2) is 4.79 Å². The van der Waals surface area contributed by atoms with Crippen molar-refractivity contribution in [1.29, 1.82) is 0 Å². The van der Waals surface area contributed by atoms with E-state index in [0.717, 1.165) is 0 Å². The molecule has 0 aromatic heterocycles. The first-order valence-electron chi connectivity index (χ1n) is 3.81. The first kappa shape index (κ1) is 10.8. The van der Waals surface area contributed by atoms with Crippen LogP contribution in [0.25, 0.3) is 0 Å². The molecule has 0 aliphatic heterocycles. The van der Waals surface area contributed by atoms with Gasteiger partial charge in [-0.2, -0.15) is 0 Å². The number of hydrogen-bond acceptors (Lipinski definition) is 3. The van der Waals surface area contributed by atoms with Gasteiger partial charge in [0.1, 0.15) is 11.5 Å². The lowest BCUT2D eigenvalue weighted by Crippen LogP contribution is -2.09. The third kappa shape index (κ3) is 2.92. The Hall–Kier alpha value is -1.23. The van der Waals surface area contributed by atoms with Crippen LogP contribution in [0.1, 0.15) is 0 Å². The van der Waals surface area contributed by atoms with Crippen LogP contribution in [0.5, 0.6) is 11.5 Å². The molecule has 0 aliphatic carbocycles. The number of hydrogen-bond donors (Lipinski definition) is 1. The Morgan fingerprint density at radius 3 is 2.86 bits per heavy atom. The second-order valence-electron chi connectivity index (χ2n) is 2.48. The third-order valence-electron chi connectivity index (χ3n) is 1.49. The Kier molecular flexibility index (Phi) is 3.76. The zero-order valence-corrected chi connectivity index (χ0v) is 9.08. The SMILES string of the molecule is COc1ccc(Br)c(OCC(=O)O)c1. The summed E-state index contributed by atoms with van der Waals surface area (Å²) in [5, 5.41) is 8.42. The Morgan fingerprint density at radius 2 is 2.29 bits per heavy atom. The molecule has 0 amide bonds. The summed E-state index contributed by atoms with van der Waals surface area (Å²) >= 11 is 3.24. The molecule has 0 fully saturated rings. The third-order valence-corrected chi connectivity index (χ3v) is 2.14. The number of aliphatic carboxylic acids is 1. The van der Waals surface area contributed by atoms with Gasteiger partial charge in [0.2, 0.25) is 0 Å². The van der Waals surface area contributed by atoms with E-state index in [9.17, 15) is 4.79 Å². The summed E-state index contributed by atoms with van der Waals surface area (Å²) in [6.07, 6.45) is 0. The fourth-order valence-corrected chi connectivity index (χ4v) is 1.22. The monoisotopic (exact) mass is 260 g/mol. The first-order chi connectivity index (χ1) is 6.63. The van der Waals surface area contributed by atoms with Crippen molar-refractivity contribution in [2.45, 2.75) is 0 Å². The van der Waals surface area contributed by atoms with Gasteiger partial charge in [-0.15, -0.1) is 0 Å². The molecule has 1 aromatic rings. The molecule has 0 atom stereocenters. The molecule has 0 spiro atoms. The van der Waals surface area contributed by atoms with Crippen molar-refractivity contribution in [3.8, 4) is 11.5 Å². The van der Waals surface area contributed by atoms with Crippen LogP contribution in [0.2, 0.25) is 0 Å². The standard InChI is InChI=1S/C9H9BrO4/c1-13-6-2-3-7(10)8(4-6)14-5-9(11)12/h2-4H,5H2,1H3,(H,11,12).